The summed E-state index contributed by atoms with van der Waals surface area (Å²) in [6.07, 6.45) is 10.2. The Hall–Kier alpha value is -1.57. The quantitative estimate of drug-likeness (QED) is 0.602. The maximum Gasteiger partial charge on any atom is 0.339 e. The van der Waals surface area contributed by atoms with Crippen LogP contribution in [-0.4, -0.2) is 11.6 Å². The smallest absolute Gasteiger partial charge is 0.339 e. The van der Waals surface area contributed by atoms with Crippen LogP contribution in [0.15, 0.2) is 42.5 Å². The molecule has 2 aliphatic rings. The molecule has 0 spiro atoms. The van der Waals surface area contributed by atoms with Crippen LogP contribution in [0.5, 0.6) is 0 Å². The highest BCUT2D eigenvalue weighted by Gasteiger charge is 2.55. The van der Waals surface area contributed by atoms with Crippen LogP contribution in [0.25, 0.3) is 0 Å². The summed E-state index contributed by atoms with van der Waals surface area (Å²) in [6, 6.07) is 9.32. The van der Waals surface area contributed by atoms with Crippen LogP contribution in [0.2, 0.25) is 0 Å². The number of carbonyl (C=O) groups excluding carboxylic acids is 1. The second-order valence-corrected chi connectivity index (χ2v) is 6.07. The molecule has 2 heteroatoms. The van der Waals surface area contributed by atoms with Gasteiger partial charge in [0.2, 0.25) is 0 Å². The molecule has 0 N–H and O–H groups in total. The normalized spacial score (nSPS) is 32.5. The van der Waals surface area contributed by atoms with E-state index in [0.29, 0.717) is 11.5 Å². The maximum absolute atomic E-state index is 12.3. The summed E-state index contributed by atoms with van der Waals surface area (Å²) in [7, 11) is 0. The van der Waals surface area contributed by atoms with Gasteiger partial charge in [-0.2, -0.15) is 0 Å². The average molecular weight is 270 g/mol. The maximum atomic E-state index is 12.3. The van der Waals surface area contributed by atoms with Gasteiger partial charge in [0.15, 0.2) is 0 Å². The SMILES string of the molecule is CC=C[C@@]1(OC(=O)c2ccccc2)C[C@@H]2CCCC[C@@H]21. The van der Waals surface area contributed by atoms with Crippen molar-refractivity contribution in [2.45, 2.75) is 44.6 Å². The average Bonchev–Trinajstić information content (AvgIpc) is 2.47. The fourth-order valence-electron chi connectivity index (χ4n) is 3.93. The van der Waals surface area contributed by atoms with E-state index < -0.39 is 0 Å². The lowest BCUT2D eigenvalue weighted by atomic mass is 9.55. The van der Waals surface area contributed by atoms with E-state index in [9.17, 15) is 4.79 Å². The van der Waals surface area contributed by atoms with Crippen molar-refractivity contribution in [1.82, 2.24) is 0 Å². The molecule has 0 amide bonds. The van der Waals surface area contributed by atoms with Crippen LogP contribution in [0.4, 0.5) is 0 Å². The molecule has 2 nitrogen and oxygen atoms in total. The van der Waals surface area contributed by atoms with E-state index in [1.54, 1.807) is 0 Å². The fourth-order valence-corrected chi connectivity index (χ4v) is 3.93. The van der Waals surface area contributed by atoms with Crippen LogP contribution in [0, 0.1) is 11.8 Å². The molecular formula is C18H22O2. The zero-order valence-corrected chi connectivity index (χ0v) is 12.0. The minimum absolute atomic E-state index is 0.187. The summed E-state index contributed by atoms with van der Waals surface area (Å²) < 4.78 is 5.94. The third kappa shape index (κ3) is 2.28. The number of rotatable bonds is 3. The van der Waals surface area contributed by atoms with Gasteiger partial charge >= 0.3 is 5.97 Å². The van der Waals surface area contributed by atoms with Gasteiger partial charge in [-0.05, 0) is 50.3 Å². The van der Waals surface area contributed by atoms with Crippen LogP contribution >= 0.6 is 0 Å². The van der Waals surface area contributed by atoms with Crippen molar-refractivity contribution in [2.75, 3.05) is 0 Å². The van der Waals surface area contributed by atoms with Gasteiger partial charge < -0.3 is 4.74 Å². The van der Waals surface area contributed by atoms with Gasteiger partial charge in [0, 0.05) is 5.92 Å². The van der Waals surface area contributed by atoms with Crippen molar-refractivity contribution in [1.29, 1.82) is 0 Å². The van der Waals surface area contributed by atoms with Crippen LogP contribution < -0.4 is 0 Å². The van der Waals surface area contributed by atoms with Gasteiger partial charge in [0.1, 0.15) is 5.60 Å². The Kier molecular flexibility index (Phi) is 3.64. The van der Waals surface area contributed by atoms with Crippen molar-refractivity contribution < 1.29 is 9.53 Å². The minimum atomic E-state index is -0.341. The first-order valence-corrected chi connectivity index (χ1v) is 7.67. The van der Waals surface area contributed by atoms with Gasteiger partial charge in [-0.3, -0.25) is 0 Å². The monoisotopic (exact) mass is 270 g/mol. The molecule has 0 unspecified atom stereocenters. The first-order chi connectivity index (χ1) is 9.75. The van der Waals surface area contributed by atoms with Crippen LogP contribution in [0.1, 0.15) is 49.4 Å². The molecule has 3 rings (SSSR count). The second kappa shape index (κ2) is 5.43. The van der Waals surface area contributed by atoms with Crippen molar-refractivity contribution in [3.63, 3.8) is 0 Å². The number of fused-ring (bicyclic) bond motifs is 1. The first-order valence-electron chi connectivity index (χ1n) is 7.67. The summed E-state index contributed by atoms with van der Waals surface area (Å²) in [6.45, 7) is 2.01. The number of esters is 1. The van der Waals surface area contributed by atoms with Gasteiger partial charge in [0.05, 0.1) is 5.56 Å². The Morgan fingerprint density at radius 3 is 2.70 bits per heavy atom. The highest BCUT2D eigenvalue weighted by atomic mass is 16.6. The lowest BCUT2D eigenvalue weighted by Gasteiger charge is -2.55. The molecule has 0 heterocycles. The molecule has 0 saturated heterocycles. The molecule has 1 aromatic rings. The number of benzene rings is 1. The molecule has 0 aromatic heterocycles. The molecule has 2 fully saturated rings. The van der Waals surface area contributed by atoms with Crippen molar-refractivity contribution in [3.8, 4) is 0 Å². The van der Waals surface area contributed by atoms with Crippen molar-refractivity contribution >= 4 is 5.97 Å². The van der Waals surface area contributed by atoms with E-state index in [4.69, 9.17) is 4.74 Å². The molecule has 0 bridgehead atoms. The Morgan fingerprint density at radius 2 is 2.00 bits per heavy atom. The van der Waals surface area contributed by atoms with Crippen LogP contribution in [-0.2, 0) is 4.74 Å². The summed E-state index contributed by atoms with van der Waals surface area (Å²) in [5.74, 6) is 1.09. The van der Waals surface area contributed by atoms with Gasteiger partial charge in [-0.1, -0.05) is 37.1 Å². The second-order valence-electron chi connectivity index (χ2n) is 6.07. The van der Waals surface area contributed by atoms with Gasteiger partial charge in [-0.15, -0.1) is 0 Å². The molecule has 2 saturated carbocycles. The van der Waals surface area contributed by atoms with Crippen molar-refractivity contribution in [3.05, 3.63) is 48.0 Å². The molecule has 106 valence electrons. The summed E-state index contributed by atoms with van der Waals surface area (Å²) >= 11 is 0. The number of hydrogen-bond donors (Lipinski definition) is 0. The molecular weight excluding hydrogens is 248 g/mol. The Morgan fingerprint density at radius 1 is 1.25 bits per heavy atom. The van der Waals surface area contributed by atoms with Gasteiger partial charge in [-0.25, -0.2) is 4.79 Å². The fraction of sp³-hybridized carbons (Fsp3) is 0.500. The summed E-state index contributed by atoms with van der Waals surface area (Å²) in [5.41, 5.74) is 0.308. The molecule has 0 radical (unpaired) electrons. The highest BCUT2D eigenvalue weighted by Crippen LogP contribution is 2.54. The Bertz CT molecular complexity index is 505. The zero-order valence-electron chi connectivity index (χ0n) is 12.0. The van der Waals surface area contributed by atoms with E-state index in [0.717, 1.165) is 12.3 Å². The summed E-state index contributed by atoms with van der Waals surface area (Å²) in [5, 5.41) is 0. The zero-order chi connectivity index (χ0) is 14.0. The first kappa shape index (κ1) is 13.4. The Balaban J connectivity index is 1.77. The molecule has 1 aromatic carbocycles. The third-order valence-electron chi connectivity index (χ3n) is 4.86. The van der Waals surface area contributed by atoms with E-state index in [2.05, 4.69) is 6.08 Å². The standard InChI is InChI=1S/C18H22O2/c1-2-12-18(13-15-10-6-7-11-16(15)18)20-17(19)14-8-4-3-5-9-14/h2-5,8-9,12,15-16H,6-7,10-11,13H2,1H3/t15-,16-,18+/m0/s1. The topological polar surface area (TPSA) is 26.3 Å². The third-order valence-corrected chi connectivity index (χ3v) is 4.86. The molecule has 20 heavy (non-hydrogen) atoms. The van der Waals surface area contributed by atoms with Crippen LogP contribution in [0.3, 0.4) is 0 Å². The predicted octanol–water partition coefficient (Wildman–Crippen LogP) is 4.37. The lowest BCUT2D eigenvalue weighted by Crippen LogP contribution is -2.56. The summed E-state index contributed by atoms with van der Waals surface area (Å²) in [4.78, 5) is 12.3. The molecule has 2 aliphatic carbocycles. The number of hydrogen-bond acceptors (Lipinski definition) is 2. The largest absolute Gasteiger partial charge is 0.451 e. The Labute approximate surface area is 120 Å². The number of carbonyl (C=O) groups is 1. The highest BCUT2D eigenvalue weighted by molar-refractivity contribution is 5.89. The van der Waals surface area contributed by atoms with E-state index in [1.165, 1.54) is 25.7 Å². The van der Waals surface area contributed by atoms with E-state index >= 15 is 0 Å². The predicted molar refractivity (Wildman–Crippen MR) is 79.5 cm³/mol. The molecule has 0 aliphatic heterocycles. The minimum Gasteiger partial charge on any atom is -0.451 e. The number of ether oxygens (including phenoxy) is 1. The van der Waals surface area contributed by atoms with E-state index in [-0.39, 0.29) is 11.6 Å². The molecule has 3 atom stereocenters. The van der Waals surface area contributed by atoms with Crippen molar-refractivity contribution in [2.24, 2.45) is 11.8 Å². The van der Waals surface area contributed by atoms with E-state index in [1.807, 2.05) is 43.3 Å². The van der Waals surface area contributed by atoms with Gasteiger partial charge in [0.25, 0.3) is 0 Å². The number of allylic oxidation sites excluding steroid dienone is 1. The lowest BCUT2D eigenvalue weighted by molar-refractivity contribution is -0.127.